The van der Waals surface area contributed by atoms with Crippen molar-refractivity contribution in [3.63, 3.8) is 0 Å². The molecule has 3 heteroatoms. The average molecular weight is 277 g/mol. The molecule has 1 aliphatic carbocycles. The van der Waals surface area contributed by atoms with Crippen LogP contribution in [0.15, 0.2) is 0 Å². The fourth-order valence-electron chi connectivity index (χ4n) is 4.01. The fourth-order valence-corrected chi connectivity index (χ4v) is 4.01. The van der Waals surface area contributed by atoms with E-state index in [1.165, 1.54) is 58.2 Å². The van der Waals surface area contributed by atoms with Crippen LogP contribution in [0.2, 0.25) is 0 Å². The third kappa shape index (κ3) is 4.20. The number of rotatable bonds is 6. The molecule has 1 heterocycles. The summed E-state index contributed by atoms with van der Waals surface area (Å²) in [7, 11) is 2.24. The second-order valence-corrected chi connectivity index (χ2v) is 6.80. The molecule has 0 radical (unpaired) electrons. The minimum Gasteiger partial charge on any atom is -0.302 e. The molecular weight excluding hydrogens is 246 g/mol. The lowest BCUT2D eigenvalue weighted by molar-refractivity contribution is 0.112. The smallest absolute Gasteiger partial charge is 0.0672 e. The van der Waals surface area contributed by atoms with Gasteiger partial charge < -0.3 is 9.80 Å². The van der Waals surface area contributed by atoms with Gasteiger partial charge in [0.05, 0.1) is 12.0 Å². The molecule has 0 aromatic carbocycles. The van der Waals surface area contributed by atoms with Crippen LogP contribution in [-0.2, 0) is 0 Å². The van der Waals surface area contributed by atoms with Crippen LogP contribution < -0.4 is 0 Å². The van der Waals surface area contributed by atoms with Crippen molar-refractivity contribution in [3.05, 3.63) is 0 Å². The van der Waals surface area contributed by atoms with E-state index < -0.39 is 0 Å². The Kier molecular flexibility index (Phi) is 6.32. The third-order valence-corrected chi connectivity index (χ3v) is 5.32. The van der Waals surface area contributed by atoms with Gasteiger partial charge in [-0.05, 0) is 58.2 Å². The van der Waals surface area contributed by atoms with Gasteiger partial charge >= 0.3 is 0 Å². The van der Waals surface area contributed by atoms with Crippen molar-refractivity contribution < 1.29 is 0 Å². The van der Waals surface area contributed by atoms with E-state index in [-0.39, 0.29) is 5.92 Å². The Balaban J connectivity index is 1.83. The normalized spacial score (nSPS) is 31.6. The first-order valence-electron chi connectivity index (χ1n) is 8.56. The van der Waals surface area contributed by atoms with Crippen molar-refractivity contribution in [2.45, 2.75) is 57.9 Å². The largest absolute Gasteiger partial charge is 0.302 e. The Hall–Kier alpha value is -0.590. The Labute approximate surface area is 124 Å². The van der Waals surface area contributed by atoms with Crippen LogP contribution in [-0.4, -0.2) is 49.1 Å². The predicted molar refractivity (Wildman–Crippen MR) is 83.4 cm³/mol. The van der Waals surface area contributed by atoms with Gasteiger partial charge in [0.2, 0.25) is 0 Å². The van der Waals surface area contributed by atoms with Crippen molar-refractivity contribution in [1.82, 2.24) is 9.80 Å². The first kappa shape index (κ1) is 15.8. The first-order valence-corrected chi connectivity index (χ1v) is 8.56. The number of likely N-dealkylation sites (N-methyl/N-ethyl adjacent to an activating group) is 1. The highest BCUT2D eigenvalue weighted by molar-refractivity contribution is 4.97. The van der Waals surface area contributed by atoms with E-state index in [9.17, 15) is 5.26 Å². The standard InChI is InChI=1S/C17H31N3/c1-3-6-15-7-8-16(14-18)17(13-15)19(2)11-12-20-9-4-5-10-20/h15-17H,3-13H2,1-2H3. The molecule has 2 aliphatic rings. The van der Waals surface area contributed by atoms with E-state index >= 15 is 0 Å². The van der Waals surface area contributed by atoms with Crippen molar-refractivity contribution in [2.75, 3.05) is 33.2 Å². The zero-order valence-corrected chi connectivity index (χ0v) is 13.4. The number of nitriles is 1. The van der Waals surface area contributed by atoms with Gasteiger partial charge in [0.25, 0.3) is 0 Å². The maximum Gasteiger partial charge on any atom is 0.0672 e. The maximum absolute atomic E-state index is 9.42. The summed E-state index contributed by atoms with van der Waals surface area (Å²) in [5.41, 5.74) is 0. The number of hydrogen-bond acceptors (Lipinski definition) is 3. The van der Waals surface area contributed by atoms with Crippen LogP contribution >= 0.6 is 0 Å². The molecule has 0 spiro atoms. The number of likely N-dealkylation sites (tertiary alicyclic amines) is 1. The SMILES string of the molecule is CCCC1CCC(C#N)C(N(C)CCN2CCCC2)C1. The van der Waals surface area contributed by atoms with Crippen LogP contribution in [0.25, 0.3) is 0 Å². The highest BCUT2D eigenvalue weighted by Gasteiger charge is 2.32. The van der Waals surface area contributed by atoms with Gasteiger partial charge in [-0.3, -0.25) is 0 Å². The number of hydrogen-bond donors (Lipinski definition) is 0. The van der Waals surface area contributed by atoms with Crippen molar-refractivity contribution >= 4 is 0 Å². The van der Waals surface area contributed by atoms with Gasteiger partial charge in [-0.2, -0.15) is 5.26 Å². The fraction of sp³-hybridized carbons (Fsp3) is 0.941. The Morgan fingerprint density at radius 1 is 1.25 bits per heavy atom. The molecule has 3 nitrogen and oxygen atoms in total. The lowest BCUT2D eigenvalue weighted by Gasteiger charge is -2.39. The molecule has 114 valence electrons. The number of nitrogens with zero attached hydrogens (tertiary/aromatic N) is 3. The minimum atomic E-state index is 0.256. The van der Waals surface area contributed by atoms with Crippen LogP contribution in [0, 0.1) is 23.2 Å². The molecule has 0 aromatic rings. The summed E-state index contributed by atoms with van der Waals surface area (Å²) in [4.78, 5) is 5.05. The molecule has 3 atom stereocenters. The van der Waals surface area contributed by atoms with Crippen LogP contribution in [0.5, 0.6) is 0 Å². The molecule has 1 saturated carbocycles. The van der Waals surface area contributed by atoms with Crippen molar-refractivity contribution in [3.8, 4) is 6.07 Å². The lowest BCUT2D eigenvalue weighted by Crippen LogP contribution is -2.44. The molecular formula is C17H31N3. The second-order valence-electron chi connectivity index (χ2n) is 6.80. The molecule has 2 rings (SSSR count). The second kappa shape index (κ2) is 8.00. The van der Waals surface area contributed by atoms with Gasteiger partial charge in [-0.1, -0.05) is 19.8 Å². The summed E-state index contributed by atoms with van der Waals surface area (Å²) >= 11 is 0. The first-order chi connectivity index (χ1) is 9.74. The summed E-state index contributed by atoms with van der Waals surface area (Å²) in [6.07, 6.45) is 8.98. The van der Waals surface area contributed by atoms with Gasteiger partial charge in [0.1, 0.15) is 0 Å². The van der Waals surface area contributed by atoms with E-state index in [1.54, 1.807) is 0 Å². The lowest BCUT2D eigenvalue weighted by atomic mass is 9.76. The van der Waals surface area contributed by atoms with Crippen molar-refractivity contribution in [2.24, 2.45) is 11.8 Å². The predicted octanol–water partition coefficient (Wildman–Crippen LogP) is 3.12. The van der Waals surface area contributed by atoms with Crippen molar-refractivity contribution in [1.29, 1.82) is 5.26 Å². The van der Waals surface area contributed by atoms with Gasteiger partial charge in [0.15, 0.2) is 0 Å². The highest BCUT2D eigenvalue weighted by atomic mass is 15.2. The molecule has 20 heavy (non-hydrogen) atoms. The molecule has 0 amide bonds. The minimum absolute atomic E-state index is 0.256. The zero-order valence-electron chi connectivity index (χ0n) is 13.4. The van der Waals surface area contributed by atoms with E-state index in [4.69, 9.17) is 0 Å². The molecule has 0 aromatic heterocycles. The summed E-state index contributed by atoms with van der Waals surface area (Å²) in [5.74, 6) is 1.11. The molecule has 1 aliphatic heterocycles. The zero-order chi connectivity index (χ0) is 14.4. The summed E-state index contributed by atoms with van der Waals surface area (Å²) in [6, 6.07) is 3.06. The van der Waals surface area contributed by atoms with E-state index in [1.807, 2.05) is 0 Å². The van der Waals surface area contributed by atoms with Crippen LogP contribution in [0.1, 0.15) is 51.9 Å². The quantitative estimate of drug-likeness (QED) is 0.747. The summed E-state index contributed by atoms with van der Waals surface area (Å²) < 4.78 is 0. The topological polar surface area (TPSA) is 30.3 Å². The van der Waals surface area contributed by atoms with E-state index in [0.717, 1.165) is 18.9 Å². The van der Waals surface area contributed by atoms with E-state index in [0.29, 0.717) is 6.04 Å². The Morgan fingerprint density at radius 2 is 2.00 bits per heavy atom. The molecule has 0 N–H and O–H groups in total. The molecule has 0 bridgehead atoms. The third-order valence-electron chi connectivity index (χ3n) is 5.32. The van der Waals surface area contributed by atoms with E-state index in [2.05, 4.69) is 29.8 Å². The monoisotopic (exact) mass is 277 g/mol. The molecule has 3 unspecified atom stereocenters. The van der Waals surface area contributed by atoms with Gasteiger partial charge in [-0.25, -0.2) is 0 Å². The van der Waals surface area contributed by atoms with Crippen LogP contribution in [0.3, 0.4) is 0 Å². The highest BCUT2D eigenvalue weighted by Crippen LogP contribution is 2.34. The summed E-state index contributed by atoms with van der Waals surface area (Å²) in [5, 5.41) is 9.42. The molecule has 1 saturated heterocycles. The molecule has 2 fully saturated rings. The Morgan fingerprint density at radius 3 is 2.65 bits per heavy atom. The average Bonchev–Trinajstić information content (AvgIpc) is 2.98. The van der Waals surface area contributed by atoms with Gasteiger partial charge in [-0.15, -0.1) is 0 Å². The van der Waals surface area contributed by atoms with Crippen LogP contribution in [0.4, 0.5) is 0 Å². The maximum atomic E-state index is 9.42. The Bertz CT molecular complexity index is 317. The summed E-state index contributed by atoms with van der Waals surface area (Å²) in [6.45, 7) is 7.14. The van der Waals surface area contributed by atoms with Gasteiger partial charge in [0, 0.05) is 19.1 Å².